The minimum Gasteiger partial charge on any atom is -0.393 e. The Morgan fingerprint density at radius 3 is 2.63 bits per heavy atom. The van der Waals surface area contributed by atoms with Crippen molar-refractivity contribution in [2.75, 3.05) is 0 Å². The Bertz CT molecular complexity index is 732. The zero-order valence-electron chi connectivity index (χ0n) is 19.5. The van der Waals surface area contributed by atoms with Gasteiger partial charge >= 0.3 is 0 Å². The van der Waals surface area contributed by atoms with E-state index < -0.39 is 12.2 Å². The maximum Gasteiger partial charge on any atom is 0.0892 e. The second kappa shape index (κ2) is 8.22. The van der Waals surface area contributed by atoms with Gasteiger partial charge in [0, 0.05) is 6.42 Å². The lowest BCUT2D eigenvalue weighted by atomic mass is 9.60. The third kappa shape index (κ3) is 4.23. The predicted octanol–water partition coefficient (Wildman–Crippen LogP) is 5.72. The molecule has 4 rings (SSSR count). The van der Waals surface area contributed by atoms with E-state index in [4.69, 9.17) is 4.74 Å². The van der Waals surface area contributed by atoms with E-state index in [9.17, 15) is 10.2 Å². The summed E-state index contributed by atoms with van der Waals surface area (Å²) in [6.07, 6.45) is 13.8. The third-order valence-corrected chi connectivity index (χ3v) is 9.04. The fourth-order valence-corrected chi connectivity index (χ4v) is 7.03. The topological polar surface area (TPSA) is 53.0 Å². The van der Waals surface area contributed by atoms with Crippen LogP contribution in [0.25, 0.3) is 0 Å². The quantitative estimate of drug-likeness (QED) is 0.566. The first-order valence-corrected chi connectivity index (χ1v) is 12.2. The van der Waals surface area contributed by atoms with Gasteiger partial charge in [0.15, 0.2) is 0 Å². The molecule has 168 valence electrons. The lowest BCUT2D eigenvalue weighted by Crippen LogP contribution is -2.36. The molecule has 0 aromatic rings. The molecule has 4 fully saturated rings. The van der Waals surface area contributed by atoms with Gasteiger partial charge in [-0.05, 0) is 99.5 Å². The molecule has 3 aliphatic carbocycles. The number of aliphatic hydroxyl groups excluding tert-OH is 2. The highest BCUT2D eigenvalue weighted by atomic mass is 16.6. The van der Waals surface area contributed by atoms with Gasteiger partial charge in [-0.25, -0.2) is 0 Å². The van der Waals surface area contributed by atoms with Crippen LogP contribution >= 0.6 is 0 Å². The molecule has 3 heteroatoms. The molecular formula is C27H42O3. The maximum absolute atomic E-state index is 10.1. The van der Waals surface area contributed by atoms with Crippen molar-refractivity contribution >= 4 is 0 Å². The van der Waals surface area contributed by atoms with Gasteiger partial charge in [0.2, 0.25) is 0 Å². The highest BCUT2D eigenvalue weighted by Crippen LogP contribution is 2.60. The summed E-state index contributed by atoms with van der Waals surface area (Å²) in [4.78, 5) is 0. The van der Waals surface area contributed by atoms with Crippen LogP contribution in [0.1, 0.15) is 85.5 Å². The number of hydrogen-bond donors (Lipinski definition) is 2. The summed E-state index contributed by atoms with van der Waals surface area (Å²) in [5.74, 6) is 2.23. The smallest absolute Gasteiger partial charge is 0.0892 e. The van der Waals surface area contributed by atoms with Gasteiger partial charge in [-0.2, -0.15) is 0 Å². The highest BCUT2D eigenvalue weighted by molar-refractivity contribution is 5.38. The van der Waals surface area contributed by atoms with Crippen LogP contribution in [0.15, 0.2) is 35.5 Å². The van der Waals surface area contributed by atoms with Crippen LogP contribution in [-0.4, -0.2) is 34.1 Å². The molecule has 0 bridgehead atoms. The van der Waals surface area contributed by atoms with Gasteiger partial charge < -0.3 is 14.9 Å². The summed E-state index contributed by atoms with van der Waals surface area (Å²) in [6, 6.07) is 0. The standard InChI is InChI=1S/C27H42O3/c1-17(8-13-25-26(3,4)30-25)22-11-12-23-19(7-6-14-27(22,23)5)9-10-20-15-21(28)16-24(29)18(20)2/h9-10,17,21-25,28-29H,2,6-8,11-16H2,1,3-5H3/b19-9+,20-10+/t17-,21-,22-,23+,24+,25?,27-/m1/s1. The van der Waals surface area contributed by atoms with E-state index in [1.54, 1.807) is 5.57 Å². The molecule has 0 aromatic heterocycles. The van der Waals surface area contributed by atoms with Crippen LogP contribution in [0.2, 0.25) is 0 Å². The first kappa shape index (κ1) is 22.3. The summed E-state index contributed by atoms with van der Waals surface area (Å²) in [5.41, 5.74) is 3.92. The number of aliphatic hydroxyl groups is 2. The Labute approximate surface area is 183 Å². The van der Waals surface area contributed by atoms with Crippen molar-refractivity contribution < 1.29 is 14.9 Å². The van der Waals surface area contributed by atoms with E-state index in [1.165, 1.54) is 44.9 Å². The number of ether oxygens (including phenoxy) is 1. The second-order valence-corrected chi connectivity index (χ2v) is 11.4. The fraction of sp³-hybridized carbons (Fsp3) is 0.778. The predicted molar refractivity (Wildman–Crippen MR) is 122 cm³/mol. The van der Waals surface area contributed by atoms with Crippen molar-refractivity contribution in [2.45, 2.75) is 109 Å². The minimum absolute atomic E-state index is 0.111. The van der Waals surface area contributed by atoms with Crippen LogP contribution in [0.4, 0.5) is 0 Å². The maximum atomic E-state index is 10.1. The van der Waals surface area contributed by atoms with E-state index in [1.807, 2.05) is 0 Å². The molecule has 0 radical (unpaired) electrons. The zero-order valence-corrected chi connectivity index (χ0v) is 19.5. The van der Waals surface area contributed by atoms with Crippen molar-refractivity contribution in [2.24, 2.45) is 23.2 Å². The van der Waals surface area contributed by atoms with Crippen LogP contribution in [-0.2, 0) is 4.74 Å². The van der Waals surface area contributed by atoms with Crippen molar-refractivity contribution in [1.29, 1.82) is 0 Å². The number of epoxide rings is 1. The Morgan fingerprint density at radius 2 is 1.93 bits per heavy atom. The van der Waals surface area contributed by atoms with E-state index >= 15 is 0 Å². The van der Waals surface area contributed by atoms with Crippen LogP contribution < -0.4 is 0 Å². The number of allylic oxidation sites excluding steroid dienone is 3. The second-order valence-electron chi connectivity index (χ2n) is 11.4. The van der Waals surface area contributed by atoms with E-state index in [0.717, 1.165) is 23.0 Å². The normalized spacial score (nSPS) is 44.3. The summed E-state index contributed by atoms with van der Waals surface area (Å²) < 4.78 is 5.82. The third-order valence-electron chi connectivity index (χ3n) is 9.04. The molecule has 4 aliphatic rings. The van der Waals surface area contributed by atoms with Crippen LogP contribution in [0.5, 0.6) is 0 Å². The van der Waals surface area contributed by atoms with E-state index in [-0.39, 0.29) is 5.60 Å². The summed E-state index contributed by atoms with van der Waals surface area (Å²) >= 11 is 0. The monoisotopic (exact) mass is 414 g/mol. The first-order chi connectivity index (χ1) is 14.1. The number of fused-ring (bicyclic) bond motifs is 1. The summed E-state index contributed by atoms with van der Waals surface area (Å²) in [5, 5.41) is 20.2. The summed E-state index contributed by atoms with van der Waals surface area (Å²) in [7, 11) is 0. The van der Waals surface area contributed by atoms with Gasteiger partial charge in [-0.1, -0.05) is 38.2 Å². The Balaban J connectivity index is 1.45. The van der Waals surface area contributed by atoms with Crippen molar-refractivity contribution in [1.82, 2.24) is 0 Å². The van der Waals surface area contributed by atoms with Gasteiger partial charge in [-0.15, -0.1) is 0 Å². The van der Waals surface area contributed by atoms with Crippen LogP contribution in [0, 0.1) is 23.2 Å². The van der Waals surface area contributed by atoms with Gasteiger partial charge in [0.1, 0.15) is 0 Å². The van der Waals surface area contributed by atoms with Crippen LogP contribution in [0.3, 0.4) is 0 Å². The molecule has 2 N–H and O–H groups in total. The summed E-state index contributed by atoms with van der Waals surface area (Å²) in [6.45, 7) is 13.5. The fourth-order valence-electron chi connectivity index (χ4n) is 7.03. The molecule has 30 heavy (non-hydrogen) atoms. The van der Waals surface area contributed by atoms with Gasteiger partial charge in [0.05, 0.1) is 23.9 Å². The molecule has 1 unspecified atom stereocenters. The minimum atomic E-state index is -0.604. The number of rotatable bonds is 5. The van der Waals surface area contributed by atoms with E-state index in [2.05, 4.69) is 46.4 Å². The Kier molecular flexibility index (Phi) is 6.11. The van der Waals surface area contributed by atoms with Crippen molar-refractivity contribution in [3.63, 3.8) is 0 Å². The molecule has 0 aromatic carbocycles. The zero-order chi connectivity index (χ0) is 21.7. The lowest BCUT2D eigenvalue weighted by Gasteiger charge is -2.44. The highest BCUT2D eigenvalue weighted by Gasteiger charge is 2.52. The van der Waals surface area contributed by atoms with Gasteiger partial charge in [-0.3, -0.25) is 0 Å². The average molecular weight is 415 g/mol. The molecule has 1 saturated heterocycles. The lowest BCUT2D eigenvalue weighted by molar-refractivity contribution is 0.0861. The molecular weight excluding hydrogens is 372 g/mol. The molecule has 1 aliphatic heterocycles. The first-order valence-electron chi connectivity index (χ1n) is 12.2. The molecule has 3 saturated carbocycles. The largest absolute Gasteiger partial charge is 0.393 e. The SMILES string of the molecule is C=C1/C(=C/C=C2\CCC[C@]3(C)[C@@H]([C@H](C)CCC4OC4(C)C)CC[C@@H]23)C[C@@H](O)C[C@@H]1O. The van der Waals surface area contributed by atoms with Crippen molar-refractivity contribution in [3.05, 3.63) is 35.5 Å². The van der Waals surface area contributed by atoms with Crippen molar-refractivity contribution in [3.8, 4) is 0 Å². The average Bonchev–Trinajstić information content (AvgIpc) is 3.12. The molecule has 1 heterocycles. The Morgan fingerprint density at radius 1 is 1.20 bits per heavy atom. The molecule has 3 nitrogen and oxygen atoms in total. The molecule has 7 atom stereocenters. The van der Waals surface area contributed by atoms with E-state index in [0.29, 0.717) is 30.3 Å². The van der Waals surface area contributed by atoms with Gasteiger partial charge in [0.25, 0.3) is 0 Å². The Hall–Kier alpha value is -0.900. The molecule has 0 amide bonds. The molecule has 0 spiro atoms. The number of hydrogen-bond acceptors (Lipinski definition) is 3.